The van der Waals surface area contributed by atoms with Gasteiger partial charge in [0.1, 0.15) is 0 Å². The van der Waals surface area contributed by atoms with Gasteiger partial charge in [-0.25, -0.2) is 9.78 Å². The fraction of sp³-hybridized carbons (Fsp3) is 0.154. The molecule has 104 valence electrons. The number of rotatable bonds is 4. The molecule has 0 radical (unpaired) electrons. The lowest BCUT2D eigenvalue weighted by molar-refractivity contribution is -0.115. The standard InChI is InChI=1S/C13H13N3O3S/c1-7-4-8(2-3-10(7)12(18)19)15-11(17)5-9-6-20-13(14)16-9/h2-4,6H,5H2,1H3,(H2,14,16)(H,15,17)(H,18,19). The number of thiazole rings is 1. The van der Waals surface area contributed by atoms with Crippen molar-refractivity contribution in [2.45, 2.75) is 13.3 Å². The Bertz CT molecular complexity index is 667. The van der Waals surface area contributed by atoms with E-state index in [9.17, 15) is 9.59 Å². The normalized spacial score (nSPS) is 10.2. The second kappa shape index (κ2) is 5.70. The van der Waals surface area contributed by atoms with E-state index in [1.54, 1.807) is 24.4 Å². The van der Waals surface area contributed by atoms with E-state index in [2.05, 4.69) is 10.3 Å². The molecule has 1 aromatic carbocycles. The minimum absolute atomic E-state index is 0.132. The number of carboxylic acids is 1. The minimum Gasteiger partial charge on any atom is -0.478 e. The third kappa shape index (κ3) is 3.33. The third-order valence-corrected chi connectivity index (χ3v) is 3.37. The number of nitrogen functional groups attached to an aromatic ring is 1. The van der Waals surface area contributed by atoms with Gasteiger partial charge < -0.3 is 16.2 Å². The average Bonchev–Trinajstić information content (AvgIpc) is 2.74. The Hall–Kier alpha value is -2.41. The molecule has 7 heteroatoms. The van der Waals surface area contributed by atoms with Crippen molar-refractivity contribution in [2.24, 2.45) is 0 Å². The number of nitrogens with two attached hydrogens (primary N) is 1. The predicted molar refractivity (Wildman–Crippen MR) is 77.0 cm³/mol. The van der Waals surface area contributed by atoms with E-state index in [1.165, 1.54) is 17.4 Å². The molecular formula is C13H13N3O3S. The number of benzene rings is 1. The van der Waals surface area contributed by atoms with Gasteiger partial charge in [-0.05, 0) is 30.7 Å². The van der Waals surface area contributed by atoms with Crippen molar-refractivity contribution in [3.63, 3.8) is 0 Å². The predicted octanol–water partition coefficient (Wildman–Crippen LogP) is 1.91. The molecule has 4 N–H and O–H groups in total. The summed E-state index contributed by atoms with van der Waals surface area (Å²) in [5, 5.41) is 13.8. The van der Waals surface area contributed by atoms with E-state index in [1.807, 2.05) is 0 Å². The highest BCUT2D eigenvalue weighted by Crippen LogP contribution is 2.16. The van der Waals surface area contributed by atoms with Crippen molar-refractivity contribution < 1.29 is 14.7 Å². The van der Waals surface area contributed by atoms with Crippen molar-refractivity contribution in [1.82, 2.24) is 4.98 Å². The molecule has 0 bridgehead atoms. The second-order valence-corrected chi connectivity index (χ2v) is 5.13. The number of hydrogen-bond acceptors (Lipinski definition) is 5. The molecular weight excluding hydrogens is 278 g/mol. The molecule has 1 aromatic heterocycles. The molecule has 20 heavy (non-hydrogen) atoms. The summed E-state index contributed by atoms with van der Waals surface area (Å²) in [7, 11) is 0. The van der Waals surface area contributed by atoms with Gasteiger partial charge in [-0.3, -0.25) is 4.79 Å². The summed E-state index contributed by atoms with van der Waals surface area (Å²) in [6, 6.07) is 4.65. The zero-order chi connectivity index (χ0) is 14.7. The van der Waals surface area contributed by atoms with E-state index in [0.29, 0.717) is 22.1 Å². The van der Waals surface area contributed by atoms with Crippen LogP contribution in [-0.4, -0.2) is 22.0 Å². The fourth-order valence-corrected chi connectivity index (χ4v) is 2.32. The molecule has 0 spiro atoms. The van der Waals surface area contributed by atoms with Crippen LogP contribution in [0, 0.1) is 6.92 Å². The lowest BCUT2D eigenvalue weighted by Crippen LogP contribution is -2.15. The summed E-state index contributed by atoms with van der Waals surface area (Å²) in [6.07, 6.45) is 0.132. The van der Waals surface area contributed by atoms with Crippen LogP contribution in [0.1, 0.15) is 21.6 Å². The van der Waals surface area contributed by atoms with Crippen molar-refractivity contribution in [3.8, 4) is 0 Å². The SMILES string of the molecule is Cc1cc(NC(=O)Cc2csc(N)n2)ccc1C(=O)O. The van der Waals surface area contributed by atoms with Gasteiger partial charge in [0.15, 0.2) is 5.13 Å². The maximum Gasteiger partial charge on any atom is 0.335 e. The van der Waals surface area contributed by atoms with Gasteiger partial charge in [-0.15, -0.1) is 11.3 Å². The third-order valence-electron chi connectivity index (χ3n) is 2.65. The summed E-state index contributed by atoms with van der Waals surface area (Å²) in [4.78, 5) is 26.7. The number of carboxylic acid groups (broad SMARTS) is 1. The van der Waals surface area contributed by atoms with Gasteiger partial charge in [0.2, 0.25) is 5.91 Å². The molecule has 0 aliphatic rings. The fourth-order valence-electron chi connectivity index (χ4n) is 1.75. The van der Waals surface area contributed by atoms with E-state index in [4.69, 9.17) is 10.8 Å². The molecule has 0 saturated carbocycles. The minimum atomic E-state index is -0.988. The van der Waals surface area contributed by atoms with E-state index < -0.39 is 5.97 Å². The number of nitrogens with one attached hydrogen (secondary N) is 1. The highest BCUT2D eigenvalue weighted by atomic mass is 32.1. The lowest BCUT2D eigenvalue weighted by Gasteiger charge is -2.07. The maximum atomic E-state index is 11.8. The lowest BCUT2D eigenvalue weighted by atomic mass is 10.1. The molecule has 1 amide bonds. The summed E-state index contributed by atoms with van der Waals surface area (Å²) in [5.41, 5.74) is 7.47. The van der Waals surface area contributed by atoms with Crippen LogP contribution in [0.15, 0.2) is 23.6 Å². The van der Waals surface area contributed by atoms with Crippen molar-refractivity contribution in [1.29, 1.82) is 0 Å². The van der Waals surface area contributed by atoms with E-state index >= 15 is 0 Å². The average molecular weight is 291 g/mol. The Morgan fingerprint density at radius 3 is 2.75 bits per heavy atom. The first-order chi connectivity index (χ1) is 9.45. The van der Waals surface area contributed by atoms with E-state index in [0.717, 1.165) is 0 Å². The molecule has 2 rings (SSSR count). The Labute approximate surface area is 119 Å². The molecule has 0 aliphatic heterocycles. The van der Waals surface area contributed by atoms with Crippen LogP contribution < -0.4 is 11.1 Å². The first-order valence-corrected chi connectivity index (χ1v) is 6.67. The van der Waals surface area contributed by atoms with Gasteiger partial charge in [-0.2, -0.15) is 0 Å². The second-order valence-electron chi connectivity index (χ2n) is 4.24. The highest BCUT2D eigenvalue weighted by Gasteiger charge is 2.10. The van der Waals surface area contributed by atoms with Crippen LogP contribution >= 0.6 is 11.3 Å². The number of aromatic nitrogens is 1. The number of carbonyl (C=O) groups excluding carboxylic acids is 1. The zero-order valence-electron chi connectivity index (χ0n) is 10.7. The number of amides is 1. The molecule has 0 saturated heterocycles. The monoisotopic (exact) mass is 291 g/mol. The maximum absolute atomic E-state index is 11.8. The van der Waals surface area contributed by atoms with Crippen LogP contribution in [0.3, 0.4) is 0 Å². The highest BCUT2D eigenvalue weighted by molar-refractivity contribution is 7.13. The number of carbonyl (C=O) groups is 2. The van der Waals surface area contributed by atoms with Gasteiger partial charge in [0.25, 0.3) is 0 Å². The molecule has 0 aliphatic carbocycles. The summed E-state index contributed by atoms with van der Waals surface area (Å²) < 4.78 is 0. The largest absolute Gasteiger partial charge is 0.478 e. The van der Waals surface area contributed by atoms with Crippen LogP contribution in [0.4, 0.5) is 10.8 Å². The van der Waals surface area contributed by atoms with Crippen LogP contribution in [-0.2, 0) is 11.2 Å². The summed E-state index contributed by atoms with van der Waals surface area (Å²) >= 11 is 1.28. The number of aromatic carboxylic acids is 1. The number of anilines is 2. The molecule has 0 atom stereocenters. The van der Waals surface area contributed by atoms with E-state index in [-0.39, 0.29) is 17.9 Å². The number of nitrogens with zero attached hydrogens (tertiary/aromatic N) is 1. The number of aryl methyl sites for hydroxylation is 1. The first-order valence-electron chi connectivity index (χ1n) is 5.79. The number of hydrogen-bond donors (Lipinski definition) is 3. The van der Waals surface area contributed by atoms with Crippen molar-refractivity contribution in [3.05, 3.63) is 40.4 Å². The molecule has 2 aromatic rings. The topological polar surface area (TPSA) is 105 Å². The van der Waals surface area contributed by atoms with Crippen LogP contribution in [0.5, 0.6) is 0 Å². The van der Waals surface area contributed by atoms with Crippen molar-refractivity contribution in [2.75, 3.05) is 11.1 Å². The Morgan fingerprint density at radius 2 is 2.20 bits per heavy atom. The van der Waals surface area contributed by atoms with Gasteiger partial charge in [0.05, 0.1) is 17.7 Å². The Balaban J connectivity index is 2.04. The Kier molecular flexibility index (Phi) is 3.99. The van der Waals surface area contributed by atoms with Crippen molar-refractivity contribution >= 4 is 34.0 Å². The summed E-state index contributed by atoms with van der Waals surface area (Å²) in [5.74, 6) is -1.21. The van der Waals surface area contributed by atoms with Crippen LogP contribution in [0.2, 0.25) is 0 Å². The Morgan fingerprint density at radius 1 is 1.45 bits per heavy atom. The molecule has 0 fully saturated rings. The first kappa shape index (κ1) is 14.0. The zero-order valence-corrected chi connectivity index (χ0v) is 11.5. The van der Waals surface area contributed by atoms with Crippen LogP contribution in [0.25, 0.3) is 0 Å². The quantitative estimate of drug-likeness (QED) is 0.798. The molecule has 6 nitrogen and oxygen atoms in total. The van der Waals surface area contributed by atoms with Gasteiger partial charge in [0, 0.05) is 11.1 Å². The molecule has 1 heterocycles. The van der Waals surface area contributed by atoms with Gasteiger partial charge >= 0.3 is 5.97 Å². The molecule has 0 unspecified atom stereocenters. The summed E-state index contributed by atoms with van der Waals surface area (Å²) in [6.45, 7) is 1.68. The smallest absolute Gasteiger partial charge is 0.335 e. The van der Waals surface area contributed by atoms with Gasteiger partial charge in [-0.1, -0.05) is 0 Å².